The molecule has 0 radical (unpaired) electrons. The van der Waals surface area contributed by atoms with E-state index in [1.807, 2.05) is 6.07 Å². The molecule has 0 bridgehead atoms. The van der Waals surface area contributed by atoms with Gasteiger partial charge in [0.05, 0.1) is 7.11 Å². The summed E-state index contributed by atoms with van der Waals surface area (Å²) in [6.45, 7) is 9.29. The van der Waals surface area contributed by atoms with Crippen molar-refractivity contribution in [2.45, 2.75) is 44.6 Å². The van der Waals surface area contributed by atoms with Crippen molar-refractivity contribution in [2.75, 3.05) is 26.9 Å². The first kappa shape index (κ1) is 15.3. The molecule has 0 spiro atoms. The molecular weight excluding hydrogens is 250 g/mol. The number of benzene rings is 1. The Kier molecular flexibility index (Phi) is 4.71. The number of hydrogen-bond donors (Lipinski definition) is 1. The summed E-state index contributed by atoms with van der Waals surface area (Å²) in [5, 5.41) is 3.67. The minimum Gasteiger partial charge on any atom is -0.497 e. The maximum atomic E-state index is 5.58. The summed E-state index contributed by atoms with van der Waals surface area (Å²) in [7, 11) is 1.73. The van der Waals surface area contributed by atoms with Crippen LogP contribution in [0.1, 0.15) is 39.2 Å². The average Bonchev–Trinajstić information content (AvgIpc) is 2.45. The fourth-order valence-electron chi connectivity index (χ4n) is 2.72. The van der Waals surface area contributed by atoms with Crippen molar-refractivity contribution in [3.8, 4) is 5.75 Å². The number of methoxy groups -OCH3 is 1. The summed E-state index contributed by atoms with van der Waals surface area (Å²) in [6.07, 6.45) is 2.12. The minimum absolute atomic E-state index is 0.129. The van der Waals surface area contributed by atoms with Crippen LogP contribution in [0.2, 0.25) is 0 Å². The van der Waals surface area contributed by atoms with Crippen LogP contribution < -0.4 is 10.1 Å². The topological polar surface area (TPSA) is 30.5 Å². The van der Waals surface area contributed by atoms with Gasteiger partial charge in [-0.3, -0.25) is 0 Å². The third-order valence-corrected chi connectivity index (χ3v) is 4.09. The summed E-state index contributed by atoms with van der Waals surface area (Å²) in [4.78, 5) is 0. The summed E-state index contributed by atoms with van der Waals surface area (Å²) >= 11 is 0. The lowest BCUT2D eigenvalue weighted by atomic mass is 9.73. The zero-order valence-corrected chi connectivity index (χ0v) is 13.2. The van der Waals surface area contributed by atoms with Crippen LogP contribution in [0.5, 0.6) is 5.75 Å². The summed E-state index contributed by atoms with van der Waals surface area (Å²) in [5.74, 6) is 0.934. The standard InChI is InChI=1S/C17H27NO2/c1-16(2,3)18-13-17(8-10-20-11-9-17)14-6-5-7-15(12-14)19-4/h5-7,12,18H,8-11,13H2,1-4H3. The second-order valence-electron chi connectivity index (χ2n) is 6.73. The van der Waals surface area contributed by atoms with Crippen molar-refractivity contribution in [3.63, 3.8) is 0 Å². The van der Waals surface area contributed by atoms with Crippen molar-refractivity contribution < 1.29 is 9.47 Å². The van der Waals surface area contributed by atoms with E-state index in [0.717, 1.165) is 38.3 Å². The van der Waals surface area contributed by atoms with Gasteiger partial charge >= 0.3 is 0 Å². The lowest BCUT2D eigenvalue weighted by Gasteiger charge is -2.40. The fraction of sp³-hybridized carbons (Fsp3) is 0.647. The van der Waals surface area contributed by atoms with Crippen molar-refractivity contribution in [2.24, 2.45) is 0 Å². The Morgan fingerprint density at radius 3 is 2.55 bits per heavy atom. The van der Waals surface area contributed by atoms with Crippen LogP contribution in [-0.2, 0) is 10.2 Å². The van der Waals surface area contributed by atoms with Gasteiger partial charge in [-0.1, -0.05) is 12.1 Å². The van der Waals surface area contributed by atoms with Gasteiger partial charge in [0.2, 0.25) is 0 Å². The molecule has 0 saturated carbocycles. The van der Waals surface area contributed by atoms with Crippen molar-refractivity contribution in [1.82, 2.24) is 5.32 Å². The van der Waals surface area contributed by atoms with Crippen LogP contribution >= 0.6 is 0 Å². The molecular formula is C17H27NO2. The molecule has 0 aliphatic carbocycles. The highest BCUT2D eigenvalue weighted by Gasteiger charge is 2.35. The second-order valence-corrected chi connectivity index (χ2v) is 6.73. The number of rotatable bonds is 4. The minimum atomic E-state index is 0.129. The number of ether oxygens (including phenoxy) is 2. The molecule has 1 aromatic carbocycles. The third kappa shape index (κ3) is 3.74. The van der Waals surface area contributed by atoms with Crippen LogP contribution in [0.15, 0.2) is 24.3 Å². The molecule has 0 atom stereocenters. The van der Waals surface area contributed by atoms with E-state index in [1.54, 1.807) is 7.11 Å². The zero-order chi connectivity index (χ0) is 14.6. The molecule has 1 aliphatic heterocycles. The molecule has 2 rings (SSSR count). The van der Waals surface area contributed by atoms with Gasteiger partial charge in [-0.05, 0) is 51.3 Å². The smallest absolute Gasteiger partial charge is 0.119 e. The van der Waals surface area contributed by atoms with E-state index in [1.165, 1.54) is 5.56 Å². The maximum Gasteiger partial charge on any atom is 0.119 e. The molecule has 1 N–H and O–H groups in total. The Hall–Kier alpha value is -1.06. The van der Waals surface area contributed by atoms with Crippen molar-refractivity contribution in [1.29, 1.82) is 0 Å². The Labute approximate surface area is 122 Å². The van der Waals surface area contributed by atoms with E-state index in [2.05, 4.69) is 44.3 Å². The van der Waals surface area contributed by atoms with Crippen molar-refractivity contribution in [3.05, 3.63) is 29.8 Å². The normalized spacial score (nSPS) is 18.8. The monoisotopic (exact) mass is 277 g/mol. The van der Waals surface area contributed by atoms with E-state index in [4.69, 9.17) is 9.47 Å². The van der Waals surface area contributed by atoms with E-state index >= 15 is 0 Å². The lowest BCUT2D eigenvalue weighted by molar-refractivity contribution is 0.0475. The number of hydrogen-bond acceptors (Lipinski definition) is 3. The van der Waals surface area contributed by atoms with Crippen LogP contribution in [-0.4, -0.2) is 32.4 Å². The van der Waals surface area contributed by atoms with Gasteiger partial charge in [-0.25, -0.2) is 0 Å². The summed E-state index contributed by atoms with van der Waals surface area (Å²) in [5.41, 5.74) is 1.64. The molecule has 0 amide bonds. The van der Waals surface area contributed by atoms with Gasteiger partial charge < -0.3 is 14.8 Å². The molecule has 1 heterocycles. The quantitative estimate of drug-likeness (QED) is 0.917. The first-order valence-corrected chi connectivity index (χ1v) is 7.43. The van der Waals surface area contributed by atoms with Gasteiger partial charge in [0.1, 0.15) is 5.75 Å². The Bertz CT molecular complexity index is 431. The zero-order valence-electron chi connectivity index (χ0n) is 13.2. The summed E-state index contributed by atoms with van der Waals surface area (Å²) in [6, 6.07) is 8.49. The first-order valence-electron chi connectivity index (χ1n) is 7.43. The highest BCUT2D eigenvalue weighted by atomic mass is 16.5. The molecule has 112 valence electrons. The maximum absolute atomic E-state index is 5.58. The lowest BCUT2D eigenvalue weighted by Crippen LogP contribution is -2.48. The molecule has 20 heavy (non-hydrogen) atoms. The number of nitrogens with one attached hydrogen (secondary N) is 1. The van der Waals surface area contributed by atoms with Gasteiger partial charge in [-0.15, -0.1) is 0 Å². The third-order valence-electron chi connectivity index (χ3n) is 4.09. The van der Waals surface area contributed by atoms with Gasteiger partial charge in [0, 0.05) is 30.7 Å². The SMILES string of the molecule is COc1cccc(C2(CNC(C)(C)C)CCOCC2)c1. The van der Waals surface area contributed by atoms with Crippen LogP contribution in [0.3, 0.4) is 0 Å². The first-order chi connectivity index (χ1) is 9.45. The largest absolute Gasteiger partial charge is 0.497 e. The summed E-state index contributed by atoms with van der Waals surface area (Å²) < 4.78 is 11.0. The molecule has 3 heteroatoms. The van der Waals surface area contributed by atoms with E-state index in [9.17, 15) is 0 Å². The Morgan fingerprint density at radius 2 is 1.95 bits per heavy atom. The molecule has 3 nitrogen and oxygen atoms in total. The van der Waals surface area contributed by atoms with E-state index in [0.29, 0.717) is 0 Å². The predicted octanol–water partition coefficient (Wildman–Crippen LogP) is 3.13. The van der Waals surface area contributed by atoms with Gasteiger partial charge in [-0.2, -0.15) is 0 Å². The Morgan fingerprint density at radius 1 is 1.25 bits per heavy atom. The molecule has 1 fully saturated rings. The van der Waals surface area contributed by atoms with Gasteiger partial charge in [0.25, 0.3) is 0 Å². The average molecular weight is 277 g/mol. The molecule has 1 aromatic rings. The highest BCUT2D eigenvalue weighted by Crippen LogP contribution is 2.36. The molecule has 0 unspecified atom stereocenters. The molecule has 1 aliphatic rings. The van der Waals surface area contributed by atoms with Crippen LogP contribution in [0, 0.1) is 0 Å². The van der Waals surface area contributed by atoms with Crippen LogP contribution in [0.25, 0.3) is 0 Å². The second kappa shape index (κ2) is 6.15. The predicted molar refractivity (Wildman–Crippen MR) is 82.5 cm³/mol. The highest BCUT2D eigenvalue weighted by molar-refractivity contribution is 5.34. The van der Waals surface area contributed by atoms with Crippen molar-refractivity contribution >= 4 is 0 Å². The molecule has 0 aromatic heterocycles. The van der Waals surface area contributed by atoms with E-state index in [-0.39, 0.29) is 11.0 Å². The van der Waals surface area contributed by atoms with Gasteiger partial charge in [0.15, 0.2) is 0 Å². The van der Waals surface area contributed by atoms with Crippen LogP contribution in [0.4, 0.5) is 0 Å². The Balaban J connectivity index is 2.25. The van der Waals surface area contributed by atoms with E-state index < -0.39 is 0 Å². The fourth-order valence-corrected chi connectivity index (χ4v) is 2.72. The molecule has 1 saturated heterocycles.